The SMILES string of the molecule is Oc1ccccc1-c1cnoc1-c1ccccc1. The van der Waals surface area contributed by atoms with Crippen LogP contribution in [0.2, 0.25) is 0 Å². The van der Waals surface area contributed by atoms with Gasteiger partial charge in [-0.3, -0.25) is 0 Å². The Kier molecular flexibility index (Phi) is 2.57. The van der Waals surface area contributed by atoms with Gasteiger partial charge in [0, 0.05) is 11.1 Å². The zero-order valence-corrected chi connectivity index (χ0v) is 9.58. The quantitative estimate of drug-likeness (QED) is 0.739. The molecule has 0 spiro atoms. The standard InChI is InChI=1S/C15H11NO2/c17-14-9-5-4-8-12(14)13-10-16-18-15(13)11-6-2-1-3-7-11/h1-10,17H. The highest BCUT2D eigenvalue weighted by Crippen LogP contribution is 2.36. The maximum atomic E-state index is 9.88. The molecule has 0 saturated carbocycles. The van der Waals surface area contributed by atoms with Crippen LogP contribution < -0.4 is 0 Å². The molecule has 88 valence electrons. The summed E-state index contributed by atoms with van der Waals surface area (Å²) in [5, 5.41) is 13.7. The second-order valence-corrected chi connectivity index (χ2v) is 3.95. The fourth-order valence-corrected chi connectivity index (χ4v) is 1.93. The number of hydrogen-bond acceptors (Lipinski definition) is 3. The lowest BCUT2D eigenvalue weighted by Gasteiger charge is -2.03. The Morgan fingerprint density at radius 1 is 0.833 bits per heavy atom. The van der Waals surface area contributed by atoms with E-state index in [1.54, 1.807) is 18.3 Å². The Morgan fingerprint density at radius 3 is 2.33 bits per heavy atom. The van der Waals surface area contributed by atoms with Crippen molar-refractivity contribution in [1.29, 1.82) is 0 Å². The molecule has 3 rings (SSSR count). The van der Waals surface area contributed by atoms with Crippen molar-refractivity contribution in [1.82, 2.24) is 5.16 Å². The first-order chi connectivity index (χ1) is 8.86. The highest BCUT2D eigenvalue weighted by molar-refractivity contribution is 5.81. The molecule has 0 aliphatic heterocycles. The van der Waals surface area contributed by atoms with Crippen molar-refractivity contribution in [2.45, 2.75) is 0 Å². The Labute approximate surface area is 104 Å². The van der Waals surface area contributed by atoms with E-state index in [0.29, 0.717) is 5.76 Å². The maximum Gasteiger partial charge on any atom is 0.174 e. The molecule has 0 atom stereocenters. The number of nitrogens with zero attached hydrogens (tertiary/aromatic N) is 1. The first kappa shape index (κ1) is 10.6. The lowest BCUT2D eigenvalue weighted by Crippen LogP contribution is -1.80. The van der Waals surface area contributed by atoms with Crippen LogP contribution in [-0.4, -0.2) is 10.3 Å². The van der Waals surface area contributed by atoms with Gasteiger partial charge >= 0.3 is 0 Å². The largest absolute Gasteiger partial charge is 0.507 e. The van der Waals surface area contributed by atoms with E-state index in [9.17, 15) is 5.11 Å². The second kappa shape index (κ2) is 4.37. The number of para-hydroxylation sites is 1. The lowest BCUT2D eigenvalue weighted by molar-refractivity contribution is 0.432. The smallest absolute Gasteiger partial charge is 0.174 e. The summed E-state index contributed by atoms with van der Waals surface area (Å²) in [7, 11) is 0. The highest BCUT2D eigenvalue weighted by Gasteiger charge is 2.14. The molecule has 1 heterocycles. The van der Waals surface area contributed by atoms with Crippen LogP contribution in [0.5, 0.6) is 5.75 Å². The van der Waals surface area contributed by atoms with E-state index in [4.69, 9.17) is 4.52 Å². The van der Waals surface area contributed by atoms with Gasteiger partial charge < -0.3 is 9.63 Å². The molecule has 3 heteroatoms. The topological polar surface area (TPSA) is 46.3 Å². The summed E-state index contributed by atoms with van der Waals surface area (Å²) in [4.78, 5) is 0. The number of aromatic hydroxyl groups is 1. The van der Waals surface area contributed by atoms with Crippen molar-refractivity contribution in [3.05, 3.63) is 60.8 Å². The molecule has 18 heavy (non-hydrogen) atoms. The van der Waals surface area contributed by atoms with Crippen LogP contribution in [0.4, 0.5) is 0 Å². The summed E-state index contributed by atoms with van der Waals surface area (Å²) in [5.41, 5.74) is 2.45. The molecule has 0 aliphatic rings. The molecule has 0 saturated heterocycles. The number of aromatic nitrogens is 1. The number of rotatable bonds is 2. The molecule has 1 N–H and O–H groups in total. The summed E-state index contributed by atoms with van der Waals surface area (Å²) in [6.07, 6.45) is 1.62. The van der Waals surface area contributed by atoms with E-state index in [2.05, 4.69) is 5.16 Å². The van der Waals surface area contributed by atoms with Gasteiger partial charge in [0.15, 0.2) is 5.76 Å². The molecule has 0 amide bonds. The van der Waals surface area contributed by atoms with Gasteiger partial charge in [0.1, 0.15) is 5.75 Å². The molecule has 0 bridgehead atoms. The van der Waals surface area contributed by atoms with Gasteiger partial charge in [-0.1, -0.05) is 53.7 Å². The van der Waals surface area contributed by atoms with E-state index in [0.717, 1.165) is 16.7 Å². The summed E-state index contributed by atoms with van der Waals surface area (Å²) >= 11 is 0. The Hall–Kier alpha value is -2.55. The molecule has 0 unspecified atom stereocenters. The number of benzene rings is 2. The first-order valence-electron chi connectivity index (χ1n) is 5.65. The summed E-state index contributed by atoms with van der Waals surface area (Å²) in [5.74, 6) is 0.884. The van der Waals surface area contributed by atoms with Crippen molar-refractivity contribution in [2.24, 2.45) is 0 Å². The van der Waals surface area contributed by atoms with Crippen LogP contribution in [-0.2, 0) is 0 Å². The van der Waals surface area contributed by atoms with Crippen LogP contribution >= 0.6 is 0 Å². The zero-order valence-electron chi connectivity index (χ0n) is 9.58. The van der Waals surface area contributed by atoms with Crippen molar-refractivity contribution in [3.63, 3.8) is 0 Å². The number of hydrogen-bond donors (Lipinski definition) is 1. The van der Waals surface area contributed by atoms with Crippen LogP contribution in [0.15, 0.2) is 65.3 Å². The zero-order chi connectivity index (χ0) is 12.4. The van der Waals surface area contributed by atoms with Gasteiger partial charge in [-0.2, -0.15) is 0 Å². The molecule has 2 aromatic carbocycles. The summed E-state index contributed by atoms with van der Waals surface area (Å²) < 4.78 is 5.30. The molecule has 0 radical (unpaired) electrons. The molecule has 0 fully saturated rings. The molecular formula is C15H11NO2. The molecule has 1 aromatic heterocycles. The van der Waals surface area contributed by atoms with Gasteiger partial charge in [0.05, 0.1) is 11.8 Å². The van der Waals surface area contributed by atoms with Crippen LogP contribution in [0.3, 0.4) is 0 Å². The van der Waals surface area contributed by atoms with Crippen molar-refractivity contribution in [3.8, 4) is 28.2 Å². The monoisotopic (exact) mass is 237 g/mol. The number of phenols is 1. The van der Waals surface area contributed by atoms with Gasteiger partial charge in [0.25, 0.3) is 0 Å². The molecule has 3 aromatic rings. The van der Waals surface area contributed by atoms with Gasteiger partial charge in [-0.25, -0.2) is 0 Å². The third-order valence-electron chi connectivity index (χ3n) is 2.80. The average Bonchev–Trinajstić information content (AvgIpc) is 2.89. The first-order valence-corrected chi connectivity index (χ1v) is 5.65. The second-order valence-electron chi connectivity index (χ2n) is 3.95. The third kappa shape index (κ3) is 1.76. The predicted octanol–water partition coefficient (Wildman–Crippen LogP) is 3.71. The van der Waals surface area contributed by atoms with Gasteiger partial charge in [-0.05, 0) is 6.07 Å². The lowest BCUT2D eigenvalue weighted by atomic mass is 10.0. The van der Waals surface area contributed by atoms with E-state index in [-0.39, 0.29) is 5.75 Å². The van der Waals surface area contributed by atoms with Crippen LogP contribution in [0, 0.1) is 0 Å². The minimum atomic E-state index is 0.220. The minimum absolute atomic E-state index is 0.220. The van der Waals surface area contributed by atoms with Gasteiger partial charge in [-0.15, -0.1) is 0 Å². The number of phenolic OH excluding ortho intramolecular Hbond substituents is 1. The van der Waals surface area contributed by atoms with Crippen molar-refractivity contribution in [2.75, 3.05) is 0 Å². The predicted molar refractivity (Wildman–Crippen MR) is 69.0 cm³/mol. The van der Waals surface area contributed by atoms with Crippen LogP contribution in [0.1, 0.15) is 0 Å². The Morgan fingerprint density at radius 2 is 1.56 bits per heavy atom. The van der Waals surface area contributed by atoms with Crippen molar-refractivity contribution < 1.29 is 9.63 Å². The van der Waals surface area contributed by atoms with Crippen molar-refractivity contribution >= 4 is 0 Å². The Bertz CT molecular complexity index is 659. The Balaban J connectivity index is 2.16. The summed E-state index contributed by atoms with van der Waals surface area (Å²) in [6.45, 7) is 0. The normalized spacial score (nSPS) is 10.4. The van der Waals surface area contributed by atoms with Gasteiger partial charge in [0.2, 0.25) is 0 Å². The van der Waals surface area contributed by atoms with E-state index >= 15 is 0 Å². The molecule has 0 aliphatic carbocycles. The van der Waals surface area contributed by atoms with Crippen LogP contribution in [0.25, 0.3) is 22.5 Å². The molecular weight excluding hydrogens is 226 g/mol. The fourth-order valence-electron chi connectivity index (χ4n) is 1.93. The minimum Gasteiger partial charge on any atom is -0.507 e. The van der Waals surface area contributed by atoms with E-state index in [1.165, 1.54) is 0 Å². The molecule has 3 nitrogen and oxygen atoms in total. The third-order valence-corrected chi connectivity index (χ3v) is 2.80. The highest BCUT2D eigenvalue weighted by atomic mass is 16.5. The van der Waals surface area contributed by atoms with E-state index < -0.39 is 0 Å². The average molecular weight is 237 g/mol. The maximum absolute atomic E-state index is 9.88. The summed E-state index contributed by atoms with van der Waals surface area (Å²) in [6, 6.07) is 16.9. The fraction of sp³-hybridized carbons (Fsp3) is 0. The van der Waals surface area contributed by atoms with E-state index in [1.807, 2.05) is 42.5 Å².